The summed E-state index contributed by atoms with van der Waals surface area (Å²) in [4.78, 5) is 15.4. The summed E-state index contributed by atoms with van der Waals surface area (Å²) in [6.45, 7) is 0. The monoisotopic (exact) mass is 219 g/mol. The molecule has 15 heavy (non-hydrogen) atoms. The number of thiophene rings is 1. The largest absolute Gasteiger partial charge is 0.289 e. The summed E-state index contributed by atoms with van der Waals surface area (Å²) < 4.78 is 0. The van der Waals surface area contributed by atoms with Gasteiger partial charge in [-0.25, -0.2) is 10.8 Å². The first-order valence-electron chi connectivity index (χ1n) is 4.32. The molecule has 0 unspecified atom stereocenters. The Kier molecular flexibility index (Phi) is 2.75. The van der Waals surface area contributed by atoms with E-state index in [-0.39, 0.29) is 5.91 Å². The maximum Gasteiger partial charge on any atom is 0.283 e. The van der Waals surface area contributed by atoms with Crippen molar-refractivity contribution >= 4 is 17.2 Å². The van der Waals surface area contributed by atoms with Crippen molar-refractivity contribution < 1.29 is 4.79 Å². The molecule has 2 heterocycles. The van der Waals surface area contributed by atoms with Gasteiger partial charge in [-0.1, -0.05) is 6.07 Å². The van der Waals surface area contributed by atoms with Crippen molar-refractivity contribution in [1.82, 2.24) is 10.4 Å². The zero-order valence-electron chi connectivity index (χ0n) is 7.81. The number of nitrogens with two attached hydrogens (primary N) is 1. The second kappa shape index (κ2) is 4.20. The molecule has 4 nitrogen and oxygen atoms in total. The first-order chi connectivity index (χ1) is 7.31. The molecule has 0 saturated carbocycles. The number of nitrogen functional groups attached to an aromatic ring is 1. The van der Waals surface area contributed by atoms with Crippen molar-refractivity contribution in [2.24, 2.45) is 5.84 Å². The van der Waals surface area contributed by atoms with Gasteiger partial charge >= 0.3 is 0 Å². The number of amides is 1. The van der Waals surface area contributed by atoms with E-state index < -0.39 is 0 Å². The Hall–Kier alpha value is -1.72. The second-order valence-electron chi connectivity index (χ2n) is 2.89. The van der Waals surface area contributed by atoms with Gasteiger partial charge in [0.25, 0.3) is 5.91 Å². The summed E-state index contributed by atoms with van der Waals surface area (Å²) in [6.07, 6.45) is 0. The van der Waals surface area contributed by atoms with Crippen molar-refractivity contribution in [2.75, 3.05) is 0 Å². The molecular weight excluding hydrogens is 210 g/mol. The van der Waals surface area contributed by atoms with Crippen LogP contribution < -0.4 is 11.3 Å². The molecule has 0 atom stereocenters. The number of pyridine rings is 1. The molecule has 0 aliphatic heterocycles. The molecular formula is C10H9N3OS. The molecule has 2 aromatic heterocycles. The summed E-state index contributed by atoms with van der Waals surface area (Å²) in [5, 5.41) is 3.94. The van der Waals surface area contributed by atoms with Crippen LogP contribution in [0.3, 0.4) is 0 Å². The quantitative estimate of drug-likeness (QED) is 0.456. The third kappa shape index (κ3) is 2.03. The van der Waals surface area contributed by atoms with Gasteiger partial charge in [-0.15, -0.1) is 0 Å². The van der Waals surface area contributed by atoms with Crippen LogP contribution in [0.1, 0.15) is 10.5 Å². The Balaban J connectivity index is 2.39. The maximum absolute atomic E-state index is 11.2. The van der Waals surface area contributed by atoms with Gasteiger partial charge in [0.05, 0.1) is 5.69 Å². The Labute approximate surface area is 90.7 Å². The fourth-order valence-electron chi connectivity index (χ4n) is 1.21. The molecule has 3 N–H and O–H groups in total. The first-order valence-corrected chi connectivity index (χ1v) is 5.26. The molecule has 0 radical (unpaired) electrons. The Morgan fingerprint density at radius 3 is 2.93 bits per heavy atom. The molecule has 76 valence electrons. The summed E-state index contributed by atoms with van der Waals surface area (Å²) in [6, 6.07) is 7.22. The van der Waals surface area contributed by atoms with Crippen molar-refractivity contribution in [3.8, 4) is 11.3 Å². The highest BCUT2D eigenvalue weighted by Crippen LogP contribution is 2.19. The van der Waals surface area contributed by atoms with E-state index in [9.17, 15) is 4.79 Å². The number of carbonyl (C=O) groups excluding carboxylic acids is 1. The Morgan fingerprint density at radius 2 is 2.27 bits per heavy atom. The number of rotatable bonds is 2. The van der Waals surface area contributed by atoms with E-state index in [1.165, 1.54) is 0 Å². The van der Waals surface area contributed by atoms with Crippen LogP contribution in [0.15, 0.2) is 35.0 Å². The fourth-order valence-corrected chi connectivity index (χ4v) is 1.86. The minimum atomic E-state index is -0.382. The van der Waals surface area contributed by atoms with Crippen LogP contribution in [-0.4, -0.2) is 10.9 Å². The summed E-state index contributed by atoms with van der Waals surface area (Å²) in [5.74, 6) is 4.65. The topological polar surface area (TPSA) is 68.0 Å². The average molecular weight is 219 g/mol. The molecule has 0 aromatic carbocycles. The van der Waals surface area contributed by atoms with Crippen LogP contribution in [0, 0.1) is 0 Å². The van der Waals surface area contributed by atoms with Gasteiger partial charge in [-0.3, -0.25) is 10.2 Å². The molecule has 2 aromatic rings. The van der Waals surface area contributed by atoms with E-state index >= 15 is 0 Å². The smallest absolute Gasteiger partial charge is 0.283 e. The predicted molar refractivity (Wildman–Crippen MR) is 59.2 cm³/mol. The van der Waals surface area contributed by atoms with E-state index in [4.69, 9.17) is 5.84 Å². The number of nitrogens with one attached hydrogen (secondary N) is 1. The van der Waals surface area contributed by atoms with Crippen LogP contribution in [-0.2, 0) is 0 Å². The fraction of sp³-hybridized carbons (Fsp3) is 0. The standard InChI is InChI=1S/C10H9N3OS/c11-13-10(14)9-3-1-2-8(12-9)7-4-5-15-6-7/h1-6H,11H2,(H,13,14). The van der Waals surface area contributed by atoms with E-state index in [2.05, 4.69) is 10.4 Å². The highest BCUT2D eigenvalue weighted by Gasteiger charge is 2.06. The molecule has 0 aliphatic rings. The van der Waals surface area contributed by atoms with Crippen molar-refractivity contribution in [1.29, 1.82) is 0 Å². The van der Waals surface area contributed by atoms with Crippen LogP contribution in [0.2, 0.25) is 0 Å². The van der Waals surface area contributed by atoms with Crippen LogP contribution in [0.5, 0.6) is 0 Å². The Bertz CT molecular complexity index is 467. The Morgan fingerprint density at radius 1 is 1.40 bits per heavy atom. The molecule has 0 saturated heterocycles. The number of aromatic nitrogens is 1. The zero-order valence-corrected chi connectivity index (χ0v) is 8.62. The van der Waals surface area contributed by atoms with E-state index in [0.717, 1.165) is 11.3 Å². The molecule has 5 heteroatoms. The van der Waals surface area contributed by atoms with Crippen molar-refractivity contribution in [2.45, 2.75) is 0 Å². The highest BCUT2D eigenvalue weighted by molar-refractivity contribution is 7.08. The predicted octanol–water partition coefficient (Wildman–Crippen LogP) is 1.41. The highest BCUT2D eigenvalue weighted by atomic mass is 32.1. The van der Waals surface area contributed by atoms with Gasteiger partial charge in [0.2, 0.25) is 0 Å². The number of hydrogen-bond donors (Lipinski definition) is 2. The lowest BCUT2D eigenvalue weighted by atomic mass is 10.2. The van der Waals surface area contributed by atoms with Gasteiger partial charge in [0, 0.05) is 10.9 Å². The zero-order chi connectivity index (χ0) is 10.7. The molecule has 0 fully saturated rings. The van der Waals surface area contributed by atoms with E-state index in [1.54, 1.807) is 23.5 Å². The SMILES string of the molecule is NNC(=O)c1cccc(-c2ccsc2)n1. The normalized spacial score (nSPS) is 9.93. The lowest BCUT2D eigenvalue weighted by Crippen LogP contribution is -2.30. The second-order valence-corrected chi connectivity index (χ2v) is 3.67. The van der Waals surface area contributed by atoms with Gasteiger partial charge in [-0.05, 0) is 23.6 Å². The average Bonchev–Trinajstić information content (AvgIpc) is 2.82. The van der Waals surface area contributed by atoms with E-state index in [1.807, 2.05) is 22.9 Å². The van der Waals surface area contributed by atoms with Crippen LogP contribution in [0.25, 0.3) is 11.3 Å². The number of carbonyl (C=O) groups is 1. The first kappa shape index (κ1) is 9.82. The summed E-state index contributed by atoms with van der Waals surface area (Å²) >= 11 is 1.59. The molecule has 2 rings (SSSR count). The number of nitrogens with zero attached hydrogens (tertiary/aromatic N) is 1. The van der Waals surface area contributed by atoms with Gasteiger partial charge in [-0.2, -0.15) is 11.3 Å². The third-order valence-electron chi connectivity index (χ3n) is 1.93. The molecule has 0 aliphatic carbocycles. The van der Waals surface area contributed by atoms with Gasteiger partial charge < -0.3 is 0 Å². The third-order valence-corrected chi connectivity index (χ3v) is 2.61. The molecule has 1 amide bonds. The lowest BCUT2D eigenvalue weighted by molar-refractivity contribution is 0.0949. The van der Waals surface area contributed by atoms with Gasteiger partial charge in [0.15, 0.2) is 0 Å². The summed E-state index contributed by atoms with van der Waals surface area (Å²) in [7, 11) is 0. The lowest BCUT2D eigenvalue weighted by Gasteiger charge is -2.01. The van der Waals surface area contributed by atoms with Crippen molar-refractivity contribution in [3.05, 3.63) is 40.7 Å². The van der Waals surface area contributed by atoms with Gasteiger partial charge in [0.1, 0.15) is 5.69 Å². The minimum Gasteiger partial charge on any atom is -0.289 e. The molecule has 0 bridgehead atoms. The number of hydrazine groups is 1. The van der Waals surface area contributed by atoms with Crippen LogP contribution >= 0.6 is 11.3 Å². The van der Waals surface area contributed by atoms with E-state index in [0.29, 0.717) is 5.69 Å². The minimum absolute atomic E-state index is 0.321. The maximum atomic E-state index is 11.2. The number of hydrogen-bond acceptors (Lipinski definition) is 4. The van der Waals surface area contributed by atoms with Crippen molar-refractivity contribution in [3.63, 3.8) is 0 Å². The van der Waals surface area contributed by atoms with Crippen LogP contribution in [0.4, 0.5) is 0 Å². The summed E-state index contributed by atoms with van der Waals surface area (Å²) in [5.41, 5.74) is 4.16. The molecule has 0 spiro atoms.